The van der Waals surface area contributed by atoms with Crippen molar-refractivity contribution in [2.75, 3.05) is 14.2 Å². The van der Waals surface area contributed by atoms with Crippen molar-refractivity contribution in [3.63, 3.8) is 0 Å². The molecule has 1 aromatic carbocycles. The maximum absolute atomic E-state index is 5.25. The van der Waals surface area contributed by atoms with E-state index in [4.69, 9.17) is 4.74 Å². The fraction of sp³-hybridized carbons (Fsp3) is 0.429. The van der Waals surface area contributed by atoms with E-state index >= 15 is 0 Å². The minimum absolute atomic E-state index is 0.486. The van der Waals surface area contributed by atoms with Crippen LogP contribution in [-0.2, 0) is 13.5 Å². The Kier molecular flexibility index (Phi) is 3.38. The van der Waals surface area contributed by atoms with Crippen molar-refractivity contribution < 1.29 is 4.74 Å². The van der Waals surface area contributed by atoms with Gasteiger partial charge in [-0.3, -0.25) is 0 Å². The van der Waals surface area contributed by atoms with Crippen LogP contribution < -0.4 is 10.1 Å². The van der Waals surface area contributed by atoms with Crippen molar-refractivity contribution in [1.82, 2.24) is 9.88 Å². The Morgan fingerprint density at radius 1 is 1.35 bits per heavy atom. The van der Waals surface area contributed by atoms with Crippen molar-refractivity contribution in [2.24, 2.45) is 7.05 Å². The third-order valence-corrected chi connectivity index (χ3v) is 3.36. The smallest absolute Gasteiger partial charge is 0.119 e. The molecule has 1 unspecified atom stereocenters. The molecule has 92 valence electrons. The number of nitrogens with zero attached hydrogens (tertiary/aromatic N) is 1. The van der Waals surface area contributed by atoms with E-state index in [-0.39, 0.29) is 0 Å². The Morgan fingerprint density at radius 2 is 2.12 bits per heavy atom. The van der Waals surface area contributed by atoms with Crippen LogP contribution >= 0.6 is 0 Å². The van der Waals surface area contributed by atoms with Gasteiger partial charge < -0.3 is 14.6 Å². The van der Waals surface area contributed by atoms with Crippen LogP contribution in [0.1, 0.15) is 12.6 Å². The minimum Gasteiger partial charge on any atom is -0.497 e. The summed E-state index contributed by atoms with van der Waals surface area (Å²) in [6.45, 7) is 2.19. The first-order valence-corrected chi connectivity index (χ1v) is 5.95. The fourth-order valence-corrected chi connectivity index (χ4v) is 2.12. The topological polar surface area (TPSA) is 26.2 Å². The molecule has 0 saturated carbocycles. The summed E-state index contributed by atoms with van der Waals surface area (Å²) in [4.78, 5) is 0. The summed E-state index contributed by atoms with van der Waals surface area (Å²) in [6.07, 6.45) is 1.03. The molecule has 1 atom stereocenters. The van der Waals surface area contributed by atoms with Crippen molar-refractivity contribution in [1.29, 1.82) is 0 Å². The zero-order chi connectivity index (χ0) is 12.4. The largest absolute Gasteiger partial charge is 0.497 e. The molecule has 3 heteroatoms. The molecule has 0 saturated heterocycles. The van der Waals surface area contributed by atoms with Crippen LogP contribution in [0.5, 0.6) is 5.75 Å². The van der Waals surface area contributed by atoms with E-state index in [0.29, 0.717) is 6.04 Å². The average Bonchev–Trinajstić information content (AvgIpc) is 2.65. The lowest BCUT2D eigenvalue weighted by molar-refractivity contribution is 0.415. The van der Waals surface area contributed by atoms with Crippen LogP contribution in [0, 0.1) is 0 Å². The predicted molar refractivity (Wildman–Crippen MR) is 71.7 cm³/mol. The van der Waals surface area contributed by atoms with Gasteiger partial charge in [-0.05, 0) is 38.2 Å². The van der Waals surface area contributed by atoms with Crippen molar-refractivity contribution in [2.45, 2.75) is 19.4 Å². The number of benzene rings is 1. The minimum atomic E-state index is 0.486. The molecule has 0 aliphatic carbocycles. The maximum atomic E-state index is 5.25. The van der Waals surface area contributed by atoms with Crippen molar-refractivity contribution >= 4 is 10.9 Å². The van der Waals surface area contributed by atoms with Crippen LogP contribution in [0.4, 0.5) is 0 Å². The number of rotatable bonds is 4. The number of aryl methyl sites for hydroxylation is 1. The van der Waals surface area contributed by atoms with E-state index in [9.17, 15) is 0 Å². The average molecular weight is 232 g/mol. The molecule has 0 amide bonds. The molecule has 3 nitrogen and oxygen atoms in total. The monoisotopic (exact) mass is 232 g/mol. The van der Waals surface area contributed by atoms with Crippen LogP contribution in [0.25, 0.3) is 10.9 Å². The normalized spacial score (nSPS) is 12.9. The van der Waals surface area contributed by atoms with E-state index in [2.05, 4.69) is 42.1 Å². The highest BCUT2D eigenvalue weighted by molar-refractivity contribution is 5.82. The van der Waals surface area contributed by atoms with E-state index in [1.807, 2.05) is 13.1 Å². The highest BCUT2D eigenvalue weighted by atomic mass is 16.5. The molecule has 2 rings (SSSR count). The zero-order valence-corrected chi connectivity index (χ0v) is 10.9. The molecule has 2 aromatic rings. The summed E-state index contributed by atoms with van der Waals surface area (Å²) in [5.41, 5.74) is 2.60. The molecule has 1 heterocycles. The van der Waals surface area contributed by atoms with E-state index in [1.54, 1.807) is 7.11 Å². The van der Waals surface area contributed by atoms with Gasteiger partial charge in [-0.25, -0.2) is 0 Å². The molecule has 0 aliphatic rings. The Hall–Kier alpha value is -1.48. The number of nitrogens with one attached hydrogen (secondary N) is 1. The molecule has 0 aliphatic heterocycles. The van der Waals surface area contributed by atoms with Gasteiger partial charge >= 0.3 is 0 Å². The van der Waals surface area contributed by atoms with Gasteiger partial charge in [0.25, 0.3) is 0 Å². The van der Waals surface area contributed by atoms with Crippen LogP contribution in [0.3, 0.4) is 0 Å². The maximum Gasteiger partial charge on any atom is 0.119 e. The predicted octanol–water partition coefficient (Wildman–Crippen LogP) is 2.34. The van der Waals surface area contributed by atoms with E-state index in [1.165, 1.54) is 16.6 Å². The van der Waals surface area contributed by atoms with E-state index in [0.717, 1.165) is 12.2 Å². The first-order valence-electron chi connectivity index (χ1n) is 5.95. The number of ether oxygens (including phenoxy) is 1. The molecule has 0 fully saturated rings. The summed E-state index contributed by atoms with van der Waals surface area (Å²) in [5, 5.41) is 4.51. The zero-order valence-electron chi connectivity index (χ0n) is 10.9. The van der Waals surface area contributed by atoms with Gasteiger partial charge in [-0.2, -0.15) is 0 Å². The number of aromatic nitrogens is 1. The van der Waals surface area contributed by atoms with Crippen LogP contribution in [0.2, 0.25) is 0 Å². The molecule has 17 heavy (non-hydrogen) atoms. The van der Waals surface area contributed by atoms with Gasteiger partial charge in [0, 0.05) is 36.1 Å². The molecular formula is C14H20N2O. The molecule has 0 spiro atoms. The van der Waals surface area contributed by atoms with Gasteiger partial charge in [0.2, 0.25) is 0 Å². The summed E-state index contributed by atoms with van der Waals surface area (Å²) < 4.78 is 7.50. The molecule has 1 aromatic heterocycles. The first kappa shape index (κ1) is 12.0. The lowest BCUT2D eigenvalue weighted by Gasteiger charge is -2.10. The lowest BCUT2D eigenvalue weighted by Crippen LogP contribution is -2.24. The third kappa shape index (κ3) is 2.29. The van der Waals surface area contributed by atoms with E-state index < -0.39 is 0 Å². The number of likely N-dealkylation sites (N-methyl/N-ethyl adjacent to an activating group) is 1. The van der Waals surface area contributed by atoms with Crippen molar-refractivity contribution in [3.8, 4) is 5.75 Å². The van der Waals surface area contributed by atoms with Gasteiger partial charge in [0.1, 0.15) is 5.75 Å². The van der Waals surface area contributed by atoms with Crippen LogP contribution in [-0.4, -0.2) is 24.8 Å². The second kappa shape index (κ2) is 4.80. The third-order valence-electron chi connectivity index (χ3n) is 3.36. The second-order valence-corrected chi connectivity index (χ2v) is 4.51. The standard InChI is InChI=1S/C14H20N2O/c1-10(15-2)7-12-8-11-9-13(17-4)5-6-14(11)16(12)3/h5-6,8-10,15H,7H2,1-4H3. The second-order valence-electron chi connectivity index (χ2n) is 4.51. The summed E-state index contributed by atoms with van der Waals surface area (Å²) in [7, 11) is 5.82. The fourth-order valence-electron chi connectivity index (χ4n) is 2.12. The Labute approximate surface area is 102 Å². The number of methoxy groups -OCH3 is 1. The number of fused-ring (bicyclic) bond motifs is 1. The lowest BCUT2D eigenvalue weighted by atomic mass is 10.2. The summed E-state index contributed by atoms with van der Waals surface area (Å²) in [5.74, 6) is 0.913. The SMILES string of the molecule is CNC(C)Cc1cc2cc(OC)ccc2n1C. The Bertz CT molecular complexity index is 516. The van der Waals surface area contributed by atoms with Gasteiger partial charge in [0.05, 0.1) is 7.11 Å². The summed E-state index contributed by atoms with van der Waals surface area (Å²) >= 11 is 0. The van der Waals surface area contributed by atoms with Gasteiger partial charge in [-0.1, -0.05) is 0 Å². The Balaban J connectivity index is 2.41. The highest BCUT2D eigenvalue weighted by Gasteiger charge is 2.09. The first-order chi connectivity index (χ1) is 8.15. The van der Waals surface area contributed by atoms with Gasteiger partial charge in [0.15, 0.2) is 0 Å². The molecular weight excluding hydrogens is 212 g/mol. The number of hydrogen-bond donors (Lipinski definition) is 1. The summed E-state index contributed by atoms with van der Waals surface area (Å²) in [6, 6.07) is 8.93. The van der Waals surface area contributed by atoms with Crippen LogP contribution in [0.15, 0.2) is 24.3 Å². The quantitative estimate of drug-likeness (QED) is 0.875. The molecule has 1 N–H and O–H groups in total. The van der Waals surface area contributed by atoms with Crippen molar-refractivity contribution in [3.05, 3.63) is 30.0 Å². The van der Waals surface area contributed by atoms with Gasteiger partial charge in [-0.15, -0.1) is 0 Å². The number of hydrogen-bond acceptors (Lipinski definition) is 2. The Morgan fingerprint density at radius 3 is 2.76 bits per heavy atom. The molecule has 0 radical (unpaired) electrons. The molecule has 0 bridgehead atoms. The highest BCUT2D eigenvalue weighted by Crippen LogP contribution is 2.24.